The fourth-order valence-corrected chi connectivity index (χ4v) is 8.08. The molecule has 2 aromatic carbocycles. The summed E-state index contributed by atoms with van der Waals surface area (Å²) in [5, 5.41) is 26.3. The first-order chi connectivity index (χ1) is 25.9. The number of nitro groups is 1. The highest BCUT2D eigenvalue weighted by atomic mass is 35.5. The number of anilines is 1. The average Bonchev–Trinajstić information content (AvgIpc) is 3.83. The SMILES string of the molecule is C=C(C)c1ccc(SCC(=O)O[C@H]2CC(=O)N(C)c3cc(cc(OC)c3Cl)C/C(C)=C/C=C/[C@@H](OC)[C@@]3(O)C[C@H](OC(=O)N3)[C@@H](C)[C@@H]3O[C@@]23C)c([N+](=O)[O-])c1. The molecule has 3 aliphatic rings. The Morgan fingerprint density at radius 2 is 1.98 bits per heavy atom. The first-order valence-corrected chi connectivity index (χ1v) is 18.9. The largest absolute Gasteiger partial charge is 0.495 e. The summed E-state index contributed by atoms with van der Waals surface area (Å²) in [6.45, 7) is 11.0. The molecule has 55 heavy (non-hydrogen) atoms. The zero-order valence-electron chi connectivity index (χ0n) is 31.8. The lowest BCUT2D eigenvalue weighted by atomic mass is 9.83. The molecule has 2 aromatic rings. The summed E-state index contributed by atoms with van der Waals surface area (Å²) in [4.78, 5) is 53.5. The Labute approximate surface area is 328 Å². The second-order valence-electron chi connectivity index (χ2n) is 14.3. The van der Waals surface area contributed by atoms with Gasteiger partial charge in [-0.1, -0.05) is 60.5 Å². The van der Waals surface area contributed by atoms with E-state index >= 15 is 0 Å². The number of carbonyl (C=O) groups is 3. The maximum Gasteiger partial charge on any atom is 0.409 e. The molecule has 2 amide bonds. The molecule has 7 atom stereocenters. The van der Waals surface area contributed by atoms with E-state index in [-0.39, 0.29) is 34.2 Å². The van der Waals surface area contributed by atoms with Crippen LogP contribution in [0.15, 0.2) is 65.6 Å². The number of rotatable bonds is 8. The zero-order valence-corrected chi connectivity index (χ0v) is 33.3. The summed E-state index contributed by atoms with van der Waals surface area (Å²) in [5.74, 6) is -1.72. The fraction of sp³-hybridized carbons (Fsp3) is 0.462. The highest BCUT2D eigenvalue weighted by molar-refractivity contribution is 8.00. The second-order valence-corrected chi connectivity index (χ2v) is 15.7. The van der Waals surface area contributed by atoms with E-state index in [0.29, 0.717) is 29.0 Å². The van der Waals surface area contributed by atoms with Gasteiger partial charge in [0.05, 0.1) is 40.9 Å². The van der Waals surface area contributed by atoms with Gasteiger partial charge in [0.2, 0.25) is 5.91 Å². The van der Waals surface area contributed by atoms with Crippen LogP contribution >= 0.6 is 23.4 Å². The Morgan fingerprint density at radius 1 is 1.25 bits per heavy atom. The van der Waals surface area contributed by atoms with Crippen molar-refractivity contribution in [2.24, 2.45) is 5.92 Å². The van der Waals surface area contributed by atoms with Crippen LogP contribution in [0.5, 0.6) is 5.75 Å². The minimum atomic E-state index is -1.85. The molecule has 2 saturated heterocycles. The molecule has 0 radical (unpaired) electrons. The number of alkyl carbamates (subject to hydrolysis) is 1. The lowest BCUT2D eigenvalue weighted by Gasteiger charge is -2.42. The van der Waals surface area contributed by atoms with Crippen molar-refractivity contribution < 1.29 is 48.1 Å². The van der Waals surface area contributed by atoms with E-state index in [1.165, 1.54) is 25.2 Å². The number of methoxy groups -OCH3 is 2. The van der Waals surface area contributed by atoms with Gasteiger partial charge in [-0.05, 0) is 56.5 Å². The van der Waals surface area contributed by atoms with E-state index in [4.69, 9.17) is 35.3 Å². The number of nitrogens with zero attached hydrogens (tertiary/aromatic N) is 2. The molecular weight excluding hydrogens is 754 g/mol. The Bertz CT molecular complexity index is 1940. The smallest absolute Gasteiger partial charge is 0.409 e. The number of amides is 2. The Morgan fingerprint density at radius 3 is 2.64 bits per heavy atom. The predicted octanol–water partition coefficient (Wildman–Crippen LogP) is 6.40. The van der Waals surface area contributed by atoms with E-state index in [9.17, 15) is 29.6 Å². The lowest BCUT2D eigenvalue weighted by molar-refractivity contribution is -0.387. The van der Waals surface area contributed by atoms with Gasteiger partial charge in [-0.3, -0.25) is 25.0 Å². The number of nitro benzene ring substituents is 1. The van der Waals surface area contributed by atoms with Crippen molar-refractivity contribution in [3.8, 4) is 5.75 Å². The third kappa shape index (κ3) is 9.18. The van der Waals surface area contributed by atoms with Crippen molar-refractivity contribution in [1.29, 1.82) is 0 Å². The lowest BCUT2D eigenvalue weighted by Crippen LogP contribution is -2.63. The van der Waals surface area contributed by atoms with Gasteiger partial charge in [0.25, 0.3) is 5.69 Å². The van der Waals surface area contributed by atoms with Crippen LogP contribution in [-0.4, -0.2) is 90.8 Å². The Balaban J connectivity index is 1.50. The summed E-state index contributed by atoms with van der Waals surface area (Å²) >= 11 is 7.67. The number of aliphatic hydroxyl groups is 1. The summed E-state index contributed by atoms with van der Waals surface area (Å²) in [6.07, 6.45) is 0.715. The fourth-order valence-electron chi connectivity index (χ4n) is 6.98. The number of ether oxygens (including phenoxy) is 5. The van der Waals surface area contributed by atoms with Crippen LogP contribution in [0.4, 0.5) is 16.2 Å². The molecular formula is C39H46ClN3O11S. The van der Waals surface area contributed by atoms with Crippen LogP contribution in [0.3, 0.4) is 0 Å². The van der Waals surface area contributed by atoms with E-state index in [0.717, 1.165) is 22.9 Å². The van der Waals surface area contributed by atoms with Gasteiger partial charge in [0.1, 0.15) is 34.7 Å². The monoisotopic (exact) mass is 799 g/mol. The quantitative estimate of drug-likeness (QED) is 0.0988. The molecule has 0 unspecified atom stereocenters. The molecule has 14 nitrogen and oxygen atoms in total. The third-order valence-electron chi connectivity index (χ3n) is 10.2. The zero-order chi connectivity index (χ0) is 40.4. The molecule has 296 valence electrons. The molecule has 4 bridgehead atoms. The molecule has 2 fully saturated rings. The number of allylic oxidation sites excluding steroid dienone is 4. The third-order valence-corrected chi connectivity index (χ3v) is 11.6. The maximum absolute atomic E-state index is 14.1. The summed E-state index contributed by atoms with van der Waals surface area (Å²) in [7, 11) is 4.45. The number of nitrogens with one attached hydrogen (secondary N) is 1. The summed E-state index contributed by atoms with van der Waals surface area (Å²) in [5.41, 5.74) is 0.0357. The molecule has 2 N–H and O–H groups in total. The van der Waals surface area contributed by atoms with Crippen molar-refractivity contribution in [3.05, 3.63) is 87.0 Å². The van der Waals surface area contributed by atoms with Gasteiger partial charge in [-0.15, -0.1) is 11.8 Å². The number of hydrogen-bond acceptors (Lipinski definition) is 12. The minimum absolute atomic E-state index is 0.0722. The number of epoxide rings is 1. The predicted molar refractivity (Wildman–Crippen MR) is 207 cm³/mol. The number of thioether (sulfide) groups is 1. The van der Waals surface area contributed by atoms with Gasteiger partial charge < -0.3 is 33.7 Å². The molecule has 0 aromatic heterocycles. The number of hydrogen-bond donors (Lipinski definition) is 2. The van der Waals surface area contributed by atoms with Crippen LogP contribution < -0.4 is 15.0 Å². The van der Waals surface area contributed by atoms with E-state index < -0.39 is 64.6 Å². The number of carbonyl (C=O) groups excluding carboxylic acids is 3. The highest BCUT2D eigenvalue weighted by Gasteiger charge is 2.64. The van der Waals surface area contributed by atoms with Gasteiger partial charge in [-0.25, -0.2) is 4.79 Å². The number of benzene rings is 2. The van der Waals surface area contributed by atoms with Crippen molar-refractivity contribution >= 4 is 58.3 Å². The number of esters is 1. The molecule has 3 aliphatic heterocycles. The Hall–Kier alpha value is -4.41. The van der Waals surface area contributed by atoms with Gasteiger partial charge in [0, 0.05) is 32.6 Å². The van der Waals surface area contributed by atoms with Gasteiger partial charge >= 0.3 is 12.1 Å². The van der Waals surface area contributed by atoms with Crippen molar-refractivity contribution in [1.82, 2.24) is 5.32 Å². The van der Waals surface area contributed by atoms with E-state index in [1.807, 2.05) is 13.0 Å². The molecule has 0 spiro atoms. The normalized spacial score (nSPS) is 29.8. The topological polar surface area (TPSA) is 179 Å². The van der Waals surface area contributed by atoms with Crippen LogP contribution in [0.25, 0.3) is 5.57 Å². The van der Waals surface area contributed by atoms with Crippen molar-refractivity contribution in [2.45, 2.75) is 87.6 Å². The first kappa shape index (κ1) is 41.7. The molecule has 16 heteroatoms. The van der Waals surface area contributed by atoms with E-state index in [2.05, 4.69) is 11.9 Å². The van der Waals surface area contributed by atoms with Crippen molar-refractivity contribution in [2.75, 3.05) is 31.9 Å². The second kappa shape index (κ2) is 16.8. The molecule has 5 rings (SSSR count). The van der Waals surface area contributed by atoms with Crippen LogP contribution in [-0.2, 0) is 35.0 Å². The summed E-state index contributed by atoms with van der Waals surface area (Å²) < 4.78 is 29.1. The highest BCUT2D eigenvalue weighted by Crippen LogP contribution is 2.49. The standard InChI is InChI=1S/C39H46ClN3O11S/c1-21(2)25-12-13-30(26(17-25)43(48)49)55-20-34(45)53-32-18-33(44)42(6)27-15-24(16-28(50-7)35(27)40)14-22(3)10-9-11-31(51-8)39(47)19-29(52-37(46)41-39)23(4)36-38(32,5)54-36/h9-13,15-17,23,29,31-32,36,47H,1,14,18-20H2,2-8H3,(H,41,46)/b11-9+,22-10+/t23-,29+,31-,32+,36+,38+,39+/m1/s1. The number of fused-ring (bicyclic) bond motifs is 5. The average molecular weight is 800 g/mol. The van der Waals surface area contributed by atoms with Crippen LogP contribution in [0.2, 0.25) is 5.02 Å². The summed E-state index contributed by atoms with van der Waals surface area (Å²) in [6, 6.07) is 8.18. The first-order valence-electron chi connectivity index (χ1n) is 17.6. The Kier molecular flexibility index (Phi) is 12.7. The van der Waals surface area contributed by atoms with Crippen molar-refractivity contribution in [3.63, 3.8) is 0 Å². The minimum Gasteiger partial charge on any atom is -0.495 e. The van der Waals surface area contributed by atoms with E-state index in [1.54, 1.807) is 64.2 Å². The molecule has 0 saturated carbocycles. The van der Waals surface area contributed by atoms with Gasteiger partial charge in [-0.2, -0.15) is 0 Å². The molecule has 0 aliphatic carbocycles. The maximum atomic E-state index is 14.1. The molecule has 3 heterocycles. The van der Waals surface area contributed by atoms with Crippen LogP contribution in [0.1, 0.15) is 51.7 Å². The van der Waals surface area contributed by atoms with Crippen LogP contribution in [0, 0.1) is 16.0 Å². The van der Waals surface area contributed by atoms with Gasteiger partial charge in [0.15, 0.2) is 5.72 Å². The number of halogens is 1.